The third-order valence-corrected chi connectivity index (χ3v) is 7.40. The Bertz CT molecular complexity index is 1210. The van der Waals surface area contributed by atoms with Crippen molar-refractivity contribution in [2.24, 2.45) is 13.0 Å². The fourth-order valence-corrected chi connectivity index (χ4v) is 5.18. The number of carbonyl (C=O) groups is 1. The molecule has 1 aromatic carbocycles. The predicted octanol–water partition coefficient (Wildman–Crippen LogP) is -0.0256. The molecule has 0 bridgehead atoms. The summed E-state index contributed by atoms with van der Waals surface area (Å²) >= 11 is 0. The summed E-state index contributed by atoms with van der Waals surface area (Å²) in [4.78, 5) is 40.0. The Hall–Kier alpha value is -2.76. The second kappa shape index (κ2) is 9.39. The van der Waals surface area contributed by atoms with Gasteiger partial charge in [-0.2, -0.15) is 4.31 Å². The Morgan fingerprint density at radius 3 is 2.22 bits per heavy atom. The molecule has 32 heavy (non-hydrogen) atoms. The Morgan fingerprint density at radius 2 is 1.66 bits per heavy atom. The van der Waals surface area contributed by atoms with Crippen LogP contribution in [0.1, 0.15) is 24.2 Å². The van der Waals surface area contributed by atoms with Gasteiger partial charge in [-0.1, -0.05) is 32.0 Å². The van der Waals surface area contributed by atoms with Crippen molar-refractivity contribution in [1.29, 1.82) is 0 Å². The molecule has 0 aliphatic carbocycles. The lowest BCUT2D eigenvalue weighted by Gasteiger charge is -2.33. The summed E-state index contributed by atoms with van der Waals surface area (Å²) in [7, 11) is -2.27. The highest BCUT2D eigenvalue weighted by atomic mass is 32.2. The van der Waals surface area contributed by atoms with Crippen LogP contribution in [0.25, 0.3) is 0 Å². The first-order chi connectivity index (χ1) is 15.0. The molecular formula is C21H29N5O5S. The zero-order valence-corrected chi connectivity index (χ0v) is 19.3. The number of sulfonamides is 1. The first kappa shape index (κ1) is 23.9. The van der Waals surface area contributed by atoms with E-state index in [1.165, 1.54) is 15.9 Å². The fourth-order valence-electron chi connectivity index (χ4n) is 3.74. The molecule has 1 aliphatic heterocycles. The van der Waals surface area contributed by atoms with Crippen molar-refractivity contribution in [3.05, 3.63) is 56.7 Å². The lowest BCUT2D eigenvalue weighted by Crippen LogP contribution is -2.50. The van der Waals surface area contributed by atoms with E-state index in [1.54, 1.807) is 35.2 Å². The van der Waals surface area contributed by atoms with E-state index in [4.69, 9.17) is 5.73 Å². The highest BCUT2D eigenvalue weighted by Crippen LogP contribution is 2.17. The lowest BCUT2D eigenvalue weighted by atomic mass is 10.1. The van der Waals surface area contributed by atoms with Crippen molar-refractivity contribution in [1.82, 2.24) is 18.3 Å². The van der Waals surface area contributed by atoms with Crippen LogP contribution in [-0.4, -0.2) is 65.3 Å². The highest BCUT2D eigenvalue weighted by molar-refractivity contribution is 7.89. The predicted molar refractivity (Wildman–Crippen MR) is 121 cm³/mol. The van der Waals surface area contributed by atoms with Gasteiger partial charge in [-0.15, -0.1) is 0 Å². The van der Waals surface area contributed by atoms with E-state index in [-0.39, 0.29) is 48.4 Å². The standard InChI is InChI=1S/C21H29N5O5S/c1-15(2)13-26-19(22)18(20(28)23(3)21(26)29)17(27)14-24-9-11-25(12-10-24)32(30,31)16-7-5-4-6-8-16/h4-8,15H,9-14,22H2,1-3H3. The first-order valence-electron chi connectivity index (χ1n) is 10.4. The number of hydrogen-bond acceptors (Lipinski definition) is 7. The van der Waals surface area contributed by atoms with Gasteiger partial charge < -0.3 is 5.73 Å². The van der Waals surface area contributed by atoms with Gasteiger partial charge in [0.05, 0.1) is 11.4 Å². The lowest BCUT2D eigenvalue weighted by molar-refractivity contribution is 0.0899. The van der Waals surface area contributed by atoms with Crippen LogP contribution >= 0.6 is 0 Å². The molecule has 0 amide bonds. The summed E-state index contributed by atoms with van der Waals surface area (Å²) in [6.07, 6.45) is 0. The van der Waals surface area contributed by atoms with E-state index in [0.29, 0.717) is 13.1 Å². The summed E-state index contributed by atoms with van der Waals surface area (Å²) in [6.45, 7) is 5.14. The number of Topliss-reactive ketones (excluding diaryl/α,β-unsaturated/α-hetero) is 1. The summed E-state index contributed by atoms with van der Waals surface area (Å²) in [5.74, 6) is -0.517. The van der Waals surface area contributed by atoms with E-state index in [9.17, 15) is 22.8 Å². The largest absolute Gasteiger partial charge is 0.384 e. The summed E-state index contributed by atoms with van der Waals surface area (Å²) in [5, 5.41) is 0. The molecule has 0 atom stereocenters. The number of nitrogens with two attached hydrogens (primary N) is 1. The minimum atomic E-state index is -3.60. The third-order valence-electron chi connectivity index (χ3n) is 5.49. The van der Waals surface area contributed by atoms with Crippen LogP contribution in [0.4, 0.5) is 5.82 Å². The van der Waals surface area contributed by atoms with Crippen molar-refractivity contribution in [3.8, 4) is 0 Å². The van der Waals surface area contributed by atoms with Crippen LogP contribution in [0.3, 0.4) is 0 Å². The SMILES string of the molecule is CC(C)Cn1c(N)c(C(=O)CN2CCN(S(=O)(=O)c3ccccc3)CC2)c(=O)n(C)c1=O. The number of rotatable bonds is 7. The molecule has 0 radical (unpaired) electrons. The van der Waals surface area contributed by atoms with Crippen molar-refractivity contribution in [2.75, 3.05) is 38.5 Å². The molecule has 0 spiro atoms. The van der Waals surface area contributed by atoms with Gasteiger partial charge in [-0.3, -0.25) is 23.6 Å². The number of carbonyl (C=O) groups excluding carboxylic acids is 1. The van der Waals surface area contributed by atoms with E-state index in [2.05, 4.69) is 0 Å². The molecule has 1 saturated heterocycles. The second-order valence-corrected chi connectivity index (χ2v) is 10.3. The Labute approximate surface area is 186 Å². The van der Waals surface area contributed by atoms with Crippen LogP contribution in [0, 0.1) is 5.92 Å². The molecule has 2 N–H and O–H groups in total. The topological polar surface area (TPSA) is 128 Å². The summed E-state index contributed by atoms with van der Waals surface area (Å²) in [5.41, 5.74) is 4.60. The number of nitrogen functional groups attached to an aromatic ring is 1. The normalized spacial score (nSPS) is 15.9. The number of hydrogen-bond donors (Lipinski definition) is 1. The van der Waals surface area contributed by atoms with E-state index in [1.807, 2.05) is 13.8 Å². The molecule has 174 valence electrons. The molecule has 11 heteroatoms. The Kier molecular flexibility index (Phi) is 7.01. The minimum Gasteiger partial charge on any atom is -0.384 e. The van der Waals surface area contributed by atoms with Crippen LogP contribution < -0.4 is 17.0 Å². The van der Waals surface area contributed by atoms with E-state index in [0.717, 1.165) is 4.57 Å². The van der Waals surface area contributed by atoms with Gasteiger partial charge in [0.1, 0.15) is 11.4 Å². The fraction of sp³-hybridized carbons (Fsp3) is 0.476. The van der Waals surface area contributed by atoms with Gasteiger partial charge in [0.2, 0.25) is 10.0 Å². The summed E-state index contributed by atoms with van der Waals surface area (Å²) in [6, 6.07) is 8.20. The average molecular weight is 464 g/mol. The maximum Gasteiger partial charge on any atom is 0.332 e. The molecular weight excluding hydrogens is 434 g/mol. The van der Waals surface area contributed by atoms with Crippen molar-refractivity contribution in [2.45, 2.75) is 25.3 Å². The number of aromatic nitrogens is 2. The average Bonchev–Trinajstić information content (AvgIpc) is 2.76. The van der Waals surface area contributed by atoms with Crippen LogP contribution in [0.15, 0.2) is 44.8 Å². The molecule has 3 rings (SSSR count). The zero-order chi connectivity index (χ0) is 23.6. The van der Waals surface area contributed by atoms with Gasteiger partial charge in [-0.25, -0.2) is 13.2 Å². The third kappa shape index (κ3) is 4.69. The van der Waals surface area contributed by atoms with Gasteiger partial charge >= 0.3 is 5.69 Å². The van der Waals surface area contributed by atoms with Crippen LogP contribution in [0.5, 0.6) is 0 Å². The first-order valence-corrected chi connectivity index (χ1v) is 11.9. The molecule has 1 aliphatic rings. The maximum atomic E-state index is 13.0. The molecule has 2 heterocycles. The van der Waals surface area contributed by atoms with E-state index >= 15 is 0 Å². The molecule has 2 aromatic rings. The molecule has 1 aromatic heterocycles. The summed E-state index contributed by atoms with van der Waals surface area (Å²) < 4.78 is 29.1. The van der Waals surface area contributed by atoms with Crippen molar-refractivity contribution < 1.29 is 13.2 Å². The number of anilines is 1. The molecule has 1 fully saturated rings. The van der Waals surface area contributed by atoms with Gasteiger partial charge in [0.25, 0.3) is 5.56 Å². The van der Waals surface area contributed by atoms with Crippen molar-refractivity contribution in [3.63, 3.8) is 0 Å². The van der Waals surface area contributed by atoms with Crippen LogP contribution in [-0.2, 0) is 23.6 Å². The van der Waals surface area contributed by atoms with Gasteiger partial charge in [0, 0.05) is 39.8 Å². The zero-order valence-electron chi connectivity index (χ0n) is 18.5. The molecule has 10 nitrogen and oxygen atoms in total. The monoisotopic (exact) mass is 463 g/mol. The highest BCUT2D eigenvalue weighted by Gasteiger charge is 2.30. The number of benzene rings is 1. The Balaban J connectivity index is 1.75. The number of ketones is 1. The quantitative estimate of drug-likeness (QED) is 0.571. The van der Waals surface area contributed by atoms with Gasteiger partial charge in [-0.05, 0) is 18.1 Å². The van der Waals surface area contributed by atoms with E-state index < -0.39 is 27.1 Å². The molecule has 0 unspecified atom stereocenters. The number of piperazine rings is 1. The van der Waals surface area contributed by atoms with Gasteiger partial charge in [0.15, 0.2) is 5.78 Å². The minimum absolute atomic E-state index is 0.0848. The van der Waals surface area contributed by atoms with Crippen LogP contribution in [0.2, 0.25) is 0 Å². The smallest absolute Gasteiger partial charge is 0.332 e. The second-order valence-electron chi connectivity index (χ2n) is 8.33. The maximum absolute atomic E-state index is 13.0. The number of nitrogens with zero attached hydrogens (tertiary/aromatic N) is 4. The molecule has 0 saturated carbocycles. The van der Waals surface area contributed by atoms with Crippen molar-refractivity contribution >= 4 is 21.6 Å². The Morgan fingerprint density at radius 1 is 1.06 bits per heavy atom.